The zero-order valence-electron chi connectivity index (χ0n) is 10.8. The number of carbonyl (C=O) groups is 3. The molecule has 0 radical (unpaired) electrons. The van der Waals surface area contributed by atoms with Gasteiger partial charge in [0.1, 0.15) is 5.92 Å². The summed E-state index contributed by atoms with van der Waals surface area (Å²) in [5.74, 6) is -3.21. The highest BCUT2D eigenvalue weighted by Crippen LogP contribution is 2.12. The highest BCUT2D eigenvalue weighted by atomic mass is 16.4. The summed E-state index contributed by atoms with van der Waals surface area (Å²) >= 11 is 0. The van der Waals surface area contributed by atoms with Crippen LogP contribution in [0.3, 0.4) is 0 Å². The first-order valence-corrected chi connectivity index (χ1v) is 5.87. The lowest BCUT2D eigenvalue weighted by molar-refractivity contribution is -0.144. The lowest BCUT2D eigenvalue weighted by atomic mass is 10.1. The van der Waals surface area contributed by atoms with Crippen LogP contribution in [-0.2, 0) is 9.59 Å². The van der Waals surface area contributed by atoms with Gasteiger partial charge in [-0.2, -0.15) is 0 Å². The van der Waals surface area contributed by atoms with Gasteiger partial charge < -0.3 is 15.7 Å². The Kier molecular flexibility index (Phi) is 5.05. The van der Waals surface area contributed by atoms with Crippen molar-refractivity contribution < 1.29 is 19.5 Å². The van der Waals surface area contributed by atoms with Crippen LogP contribution in [0.2, 0.25) is 0 Å². The van der Waals surface area contributed by atoms with E-state index in [1.165, 1.54) is 13.0 Å². The second kappa shape index (κ2) is 6.53. The largest absolute Gasteiger partial charge is 0.481 e. The first-order valence-electron chi connectivity index (χ1n) is 5.87. The van der Waals surface area contributed by atoms with Gasteiger partial charge >= 0.3 is 5.97 Å². The molecular formula is C13H16N2O4. The molecule has 1 aromatic carbocycles. The van der Waals surface area contributed by atoms with E-state index in [1.807, 2.05) is 0 Å². The molecule has 1 atom stereocenters. The Balaban J connectivity index is 2.80. The van der Waals surface area contributed by atoms with Crippen molar-refractivity contribution >= 4 is 23.5 Å². The summed E-state index contributed by atoms with van der Waals surface area (Å²) in [5, 5.41) is 13.8. The summed E-state index contributed by atoms with van der Waals surface area (Å²) in [4.78, 5) is 33.8. The Morgan fingerprint density at radius 2 is 2.00 bits per heavy atom. The fraction of sp³-hybridized carbons (Fsp3) is 0.308. The summed E-state index contributed by atoms with van der Waals surface area (Å²) in [6.45, 7) is 3.61. The van der Waals surface area contributed by atoms with E-state index in [9.17, 15) is 14.4 Å². The number of nitrogens with one attached hydrogen (secondary N) is 2. The number of carbonyl (C=O) groups excluding carboxylic acids is 2. The molecular weight excluding hydrogens is 248 g/mol. The monoisotopic (exact) mass is 264 g/mol. The van der Waals surface area contributed by atoms with Crippen LogP contribution in [0.1, 0.15) is 24.2 Å². The number of aliphatic carboxylic acids is 1. The third kappa shape index (κ3) is 4.09. The fourth-order valence-electron chi connectivity index (χ4n) is 1.36. The number of benzene rings is 1. The average molecular weight is 264 g/mol. The first kappa shape index (κ1) is 14.7. The number of carboxylic acids is 1. The highest BCUT2D eigenvalue weighted by Gasteiger charge is 2.20. The summed E-state index contributed by atoms with van der Waals surface area (Å²) in [5.41, 5.74) is 0.796. The van der Waals surface area contributed by atoms with Crippen LogP contribution >= 0.6 is 0 Å². The van der Waals surface area contributed by atoms with Gasteiger partial charge in [0, 0.05) is 17.8 Å². The van der Waals surface area contributed by atoms with Gasteiger partial charge in [0.05, 0.1) is 0 Å². The van der Waals surface area contributed by atoms with Crippen LogP contribution in [0.5, 0.6) is 0 Å². The molecule has 0 aromatic heterocycles. The van der Waals surface area contributed by atoms with Crippen molar-refractivity contribution in [2.75, 3.05) is 11.9 Å². The molecule has 19 heavy (non-hydrogen) atoms. The summed E-state index contributed by atoms with van der Waals surface area (Å²) < 4.78 is 0. The van der Waals surface area contributed by atoms with Crippen LogP contribution in [0.15, 0.2) is 24.3 Å². The van der Waals surface area contributed by atoms with Crippen LogP contribution < -0.4 is 10.6 Å². The van der Waals surface area contributed by atoms with Gasteiger partial charge in [-0.25, -0.2) is 0 Å². The van der Waals surface area contributed by atoms with Crippen molar-refractivity contribution in [3.63, 3.8) is 0 Å². The molecule has 6 heteroatoms. The molecule has 0 fully saturated rings. The lowest BCUT2D eigenvalue weighted by Crippen LogP contribution is -2.27. The number of carboxylic acid groups (broad SMARTS) is 1. The van der Waals surface area contributed by atoms with Crippen LogP contribution in [0, 0.1) is 5.92 Å². The SMILES string of the molecule is CCNC(=O)c1cccc(NC(=O)C(C)C(=O)O)c1. The van der Waals surface area contributed by atoms with Crippen LogP contribution in [-0.4, -0.2) is 29.4 Å². The molecule has 102 valence electrons. The van der Waals surface area contributed by atoms with E-state index in [0.717, 1.165) is 0 Å². The third-order valence-electron chi connectivity index (χ3n) is 2.49. The topological polar surface area (TPSA) is 95.5 Å². The minimum Gasteiger partial charge on any atom is -0.481 e. The van der Waals surface area contributed by atoms with Gasteiger partial charge in [-0.3, -0.25) is 14.4 Å². The van der Waals surface area contributed by atoms with Crippen molar-refractivity contribution in [3.8, 4) is 0 Å². The van der Waals surface area contributed by atoms with E-state index >= 15 is 0 Å². The quantitative estimate of drug-likeness (QED) is 0.694. The molecule has 1 unspecified atom stereocenters. The van der Waals surface area contributed by atoms with Crippen LogP contribution in [0.4, 0.5) is 5.69 Å². The van der Waals surface area contributed by atoms with Crippen molar-refractivity contribution in [1.29, 1.82) is 0 Å². The van der Waals surface area contributed by atoms with E-state index in [0.29, 0.717) is 17.8 Å². The molecule has 0 spiro atoms. The van der Waals surface area contributed by atoms with Crippen molar-refractivity contribution in [1.82, 2.24) is 5.32 Å². The lowest BCUT2D eigenvalue weighted by Gasteiger charge is -2.09. The van der Waals surface area contributed by atoms with E-state index in [2.05, 4.69) is 10.6 Å². The van der Waals surface area contributed by atoms with Gasteiger partial charge in [-0.05, 0) is 32.0 Å². The molecule has 0 saturated carbocycles. The third-order valence-corrected chi connectivity index (χ3v) is 2.49. The maximum atomic E-state index is 11.6. The average Bonchev–Trinajstić information content (AvgIpc) is 2.38. The molecule has 0 heterocycles. The molecule has 1 aromatic rings. The van der Waals surface area contributed by atoms with E-state index < -0.39 is 17.8 Å². The Morgan fingerprint density at radius 3 is 2.58 bits per heavy atom. The molecule has 1 rings (SSSR count). The minimum atomic E-state index is -1.20. The smallest absolute Gasteiger partial charge is 0.315 e. The number of rotatable bonds is 5. The van der Waals surface area contributed by atoms with Gasteiger partial charge in [-0.1, -0.05) is 6.07 Å². The Bertz CT molecular complexity index is 499. The zero-order valence-corrected chi connectivity index (χ0v) is 10.8. The van der Waals surface area contributed by atoms with Gasteiger partial charge in [0.25, 0.3) is 5.91 Å². The number of anilines is 1. The molecule has 3 N–H and O–H groups in total. The first-order chi connectivity index (χ1) is 8.95. The van der Waals surface area contributed by atoms with E-state index in [1.54, 1.807) is 25.1 Å². The fourth-order valence-corrected chi connectivity index (χ4v) is 1.36. The molecule has 0 bridgehead atoms. The summed E-state index contributed by atoms with van der Waals surface area (Å²) in [6, 6.07) is 6.32. The van der Waals surface area contributed by atoms with Crippen molar-refractivity contribution in [2.24, 2.45) is 5.92 Å². The molecule has 0 aliphatic carbocycles. The molecule has 0 aliphatic rings. The zero-order chi connectivity index (χ0) is 14.4. The number of amides is 2. The van der Waals surface area contributed by atoms with Gasteiger partial charge in [0.15, 0.2) is 0 Å². The maximum Gasteiger partial charge on any atom is 0.315 e. The summed E-state index contributed by atoms with van der Waals surface area (Å²) in [6.07, 6.45) is 0. The van der Waals surface area contributed by atoms with E-state index in [4.69, 9.17) is 5.11 Å². The minimum absolute atomic E-state index is 0.245. The number of hydrogen-bond acceptors (Lipinski definition) is 3. The normalized spacial score (nSPS) is 11.5. The maximum absolute atomic E-state index is 11.6. The van der Waals surface area contributed by atoms with Gasteiger partial charge in [0.2, 0.25) is 5.91 Å². The molecule has 0 aliphatic heterocycles. The Hall–Kier alpha value is -2.37. The van der Waals surface area contributed by atoms with Crippen molar-refractivity contribution in [3.05, 3.63) is 29.8 Å². The van der Waals surface area contributed by atoms with Crippen molar-refractivity contribution in [2.45, 2.75) is 13.8 Å². The predicted octanol–water partition coefficient (Wildman–Crippen LogP) is 1.10. The standard InChI is InChI=1S/C13H16N2O4/c1-3-14-12(17)9-5-4-6-10(7-9)15-11(16)8(2)13(18)19/h4-8H,3H2,1-2H3,(H,14,17)(H,15,16)(H,18,19). The van der Waals surface area contributed by atoms with E-state index in [-0.39, 0.29) is 5.91 Å². The predicted molar refractivity (Wildman–Crippen MR) is 69.9 cm³/mol. The Labute approximate surface area is 110 Å². The van der Waals surface area contributed by atoms with Crippen LogP contribution in [0.25, 0.3) is 0 Å². The highest BCUT2D eigenvalue weighted by molar-refractivity contribution is 6.04. The molecule has 6 nitrogen and oxygen atoms in total. The molecule has 2 amide bonds. The Morgan fingerprint density at radius 1 is 1.32 bits per heavy atom. The molecule has 0 saturated heterocycles. The second-order valence-corrected chi connectivity index (χ2v) is 3.99. The second-order valence-electron chi connectivity index (χ2n) is 3.99. The van der Waals surface area contributed by atoms with Gasteiger partial charge in [-0.15, -0.1) is 0 Å². The number of hydrogen-bond donors (Lipinski definition) is 3. The summed E-state index contributed by atoms with van der Waals surface area (Å²) in [7, 11) is 0.